The van der Waals surface area contributed by atoms with E-state index >= 15 is 0 Å². The van der Waals surface area contributed by atoms with Gasteiger partial charge in [0, 0.05) is 42.9 Å². The average Bonchev–Trinajstić information content (AvgIpc) is 3.64. The normalized spacial score (nSPS) is 21.2. The van der Waals surface area contributed by atoms with Gasteiger partial charge in [0.2, 0.25) is 0 Å². The van der Waals surface area contributed by atoms with Gasteiger partial charge in [0.05, 0.1) is 16.6 Å². The smallest absolute Gasteiger partial charge is 0.407 e. The van der Waals surface area contributed by atoms with E-state index in [0.29, 0.717) is 41.9 Å². The van der Waals surface area contributed by atoms with Crippen LogP contribution in [0.2, 0.25) is 0 Å². The maximum Gasteiger partial charge on any atom is 0.407 e. The Morgan fingerprint density at radius 3 is 2.62 bits per heavy atom. The Balaban J connectivity index is 1.43. The number of Topliss-reactive ketones (excluding diaryl/α,β-unsaturated/α-hetero) is 1. The second-order valence-corrected chi connectivity index (χ2v) is 13.2. The van der Waals surface area contributed by atoms with Crippen molar-refractivity contribution in [2.75, 3.05) is 6.54 Å². The van der Waals surface area contributed by atoms with Crippen LogP contribution in [0.15, 0.2) is 53.7 Å². The van der Waals surface area contributed by atoms with Crippen molar-refractivity contribution < 1.29 is 22.7 Å². The molecule has 3 heterocycles. The number of carbonyl (C=O) groups excluding carboxylic acids is 2. The second kappa shape index (κ2) is 9.18. The topological polar surface area (TPSA) is 125 Å². The first-order valence-corrected chi connectivity index (χ1v) is 14.6. The highest BCUT2D eigenvalue weighted by atomic mass is 32.2. The summed E-state index contributed by atoms with van der Waals surface area (Å²) in [6, 6.07) is 9.93. The van der Waals surface area contributed by atoms with Crippen LogP contribution in [-0.2, 0) is 26.0 Å². The van der Waals surface area contributed by atoms with Crippen molar-refractivity contribution in [3.8, 4) is 0 Å². The molecule has 0 spiro atoms. The quantitative estimate of drug-likeness (QED) is 0.382. The van der Waals surface area contributed by atoms with Crippen LogP contribution >= 0.6 is 0 Å². The first-order valence-electron chi connectivity index (χ1n) is 13.2. The summed E-state index contributed by atoms with van der Waals surface area (Å²) in [6.45, 7) is 5.72. The number of amides is 1. The zero-order valence-corrected chi connectivity index (χ0v) is 22.9. The first kappa shape index (κ1) is 25.5. The molecule has 10 nitrogen and oxygen atoms in total. The second-order valence-electron chi connectivity index (χ2n) is 11.4. The molecule has 0 saturated heterocycles. The van der Waals surface area contributed by atoms with Gasteiger partial charge in [-0.3, -0.25) is 4.79 Å². The fourth-order valence-corrected chi connectivity index (χ4v) is 7.39. The van der Waals surface area contributed by atoms with Gasteiger partial charge in [-0.15, -0.1) is 0 Å². The van der Waals surface area contributed by atoms with E-state index in [1.54, 1.807) is 63.4 Å². The molecule has 1 amide bonds. The highest BCUT2D eigenvalue weighted by Gasteiger charge is 2.47. The van der Waals surface area contributed by atoms with E-state index in [2.05, 4.69) is 14.9 Å². The van der Waals surface area contributed by atoms with Gasteiger partial charge in [-0.2, -0.15) is 0 Å². The number of aromatic nitrogens is 4. The van der Waals surface area contributed by atoms with Crippen LogP contribution in [-0.4, -0.2) is 50.9 Å². The van der Waals surface area contributed by atoms with Crippen molar-refractivity contribution in [1.29, 1.82) is 0 Å². The third-order valence-electron chi connectivity index (χ3n) is 7.58. The Morgan fingerprint density at radius 2 is 1.92 bits per heavy atom. The summed E-state index contributed by atoms with van der Waals surface area (Å²) in [5, 5.41) is 3.45. The van der Waals surface area contributed by atoms with Gasteiger partial charge in [0.25, 0.3) is 10.0 Å². The summed E-state index contributed by atoms with van der Waals surface area (Å²) in [5.41, 5.74) is 1.09. The van der Waals surface area contributed by atoms with Crippen LogP contribution < -0.4 is 5.32 Å². The van der Waals surface area contributed by atoms with E-state index in [0.717, 1.165) is 24.2 Å². The molecule has 3 aromatic heterocycles. The molecule has 39 heavy (non-hydrogen) atoms. The lowest BCUT2D eigenvalue weighted by atomic mass is 9.93. The summed E-state index contributed by atoms with van der Waals surface area (Å²) >= 11 is 0. The number of hydrogen-bond acceptors (Lipinski definition) is 7. The summed E-state index contributed by atoms with van der Waals surface area (Å²) < 4.78 is 35.6. The number of fused-ring (bicyclic) bond motifs is 5. The van der Waals surface area contributed by atoms with E-state index in [-0.39, 0.29) is 22.6 Å². The highest BCUT2D eigenvalue weighted by Crippen LogP contribution is 2.50. The lowest BCUT2D eigenvalue weighted by Crippen LogP contribution is -2.34. The van der Waals surface area contributed by atoms with Crippen LogP contribution in [0.3, 0.4) is 0 Å². The van der Waals surface area contributed by atoms with Gasteiger partial charge in [-0.25, -0.2) is 27.2 Å². The van der Waals surface area contributed by atoms with Crippen LogP contribution in [0, 0.1) is 11.8 Å². The number of benzene rings is 1. The Hall–Kier alpha value is -3.73. The predicted octanol–water partition coefficient (Wildman–Crippen LogP) is 4.23. The van der Waals surface area contributed by atoms with Crippen molar-refractivity contribution in [1.82, 2.24) is 23.8 Å². The Kier molecular flexibility index (Phi) is 6.01. The Morgan fingerprint density at radius 1 is 1.15 bits per heavy atom. The summed E-state index contributed by atoms with van der Waals surface area (Å²) in [7, 11) is -3.86. The van der Waals surface area contributed by atoms with E-state index in [1.807, 2.05) is 0 Å². The molecular formula is C28H31N5O5S. The molecule has 0 unspecified atom stereocenters. The van der Waals surface area contributed by atoms with Crippen molar-refractivity contribution in [3.05, 3.63) is 54.6 Å². The number of imidazole rings is 1. The van der Waals surface area contributed by atoms with Gasteiger partial charge in [0.1, 0.15) is 22.7 Å². The molecule has 1 aromatic carbocycles. The fraction of sp³-hybridized carbons (Fsp3) is 0.429. The van der Waals surface area contributed by atoms with Crippen LogP contribution in [0.5, 0.6) is 0 Å². The van der Waals surface area contributed by atoms with Crippen molar-refractivity contribution in [2.45, 2.75) is 63.0 Å². The van der Waals surface area contributed by atoms with Crippen molar-refractivity contribution in [2.24, 2.45) is 11.8 Å². The monoisotopic (exact) mass is 549 g/mol. The molecule has 11 heteroatoms. The molecule has 2 saturated carbocycles. The van der Waals surface area contributed by atoms with Crippen LogP contribution in [0.1, 0.15) is 51.9 Å². The van der Waals surface area contributed by atoms with Gasteiger partial charge in [-0.05, 0) is 57.7 Å². The van der Waals surface area contributed by atoms with Gasteiger partial charge in [0.15, 0.2) is 5.65 Å². The standard InChI is InChI=1S/C28H31N5O5S/c1-28(2,3)38-27(35)29-11-9-24-31-21-16-30-26-19(10-12-32(26)39(36,37)18-7-5-4-6-8-18)25(21)33(24)22-14-17-13-20(22)23(34)15-17/h4-8,10,12,16-17,20,22H,9,11,13-15H2,1-3H3,(H,29,35)/t17-,20+,22+/m0/s1. The SMILES string of the molecule is CC(C)(C)OC(=O)NCCc1nc2cnc3c(ccn3S(=O)(=O)c3ccccc3)c2n1[C@@H]1C[C@H]2CC(=O)[C@@H]1C2. The molecule has 4 aromatic rings. The van der Waals surface area contributed by atoms with Gasteiger partial charge < -0.3 is 14.6 Å². The number of rotatable bonds is 6. The highest BCUT2D eigenvalue weighted by molar-refractivity contribution is 7.90. The summed E-state index contributed by atoms with van der Waals surface area (Å²) in [6.07, 6.45) is 5.36. The number of nitrogens with one attached hydrogen (secondary N) is 1. The van der Waals surface area contributed by atoms with E-state index in [4.69, 9.17) is 9.72 Å². The number of hydrogen-bond donors (Lipinski definition) is 1. The molecule has 2 bridgehead atoms. The Labute approximate surface area is 226 Å². The molecule has 2 aliphatic carbocycles. The number of nitrogens with zero attached hydrogens (tertiary/aromatic N) is 4. The predicted molar refractivity (Wildman–Crippen MR) is 145 cm³/mol. The van der Waals surface area contributed by atoms with E-state index in [9.17, 15) is 18.0 Å². The molecular weight excluding hydrogens is 518 g/mol. The molecule has 1 N–H and O–H groups in total. The van der Waals surface area contributed by atoms with Gasteiger partial charge in [-0.1, -0.05) is 18.2 Å². The lowest BCUT2D eigenvalue weighted by molar-refractivity contribution is -0.122. The summed E-state index contributed by atoms with van der Waals surface area (Å²) in [4.78, 5) is 34.5. The first-order chi connectivity index (χ1) is 18.5. The third kappa shape index (κ3) is 4.48. The maximum atomic E-state index is 13.4. The zero-order chi connectivity index (χ0) is 27.5. The molecule has 6 rings (SSSR count). The summed E-state index contributed by atoms with van der Waals surface area (Å²) in [5.74, 6) is 1.24. The minimum atomic E-state index is -3.86. The average molecular weight is 550 g/mol. The number of ether oxygens (including phenoxy) is 1. The molecule has 2 aliphatic rings. The Bertz CT molecular complexity index is 1700. The number of alkyl carbamates (subject to hydrolysis) is 1. The third-order valence-corrected chi connectivity index (χ3v) is 9.26. The van der Waals surface area contributed by atoms with E-state index in [1.165, 1.54) is 10.2 Å². The number of ketones is 1. The molecule has 204 valence electrons. The molecule has 3 atom stereocenters. The minimum Gasteiger partial charge on any atom is -0.444 e. The molecule has 2 fully saturated rings. The van der Waals surface area contributed by atoms with Crippen LogP contribution in [0.4, 0.5) is 4.79 Å². The maximum absolute atomic E-state index is 13.4. The van der Waals surface area contributed by atoms with Crippen LogP contribution in [0.25, 0.3) is 22.1 Å². The molecule has 0 aliphatic heterocycles. The molecule has 0 radical (unpaired) electrons. The minimum absolute atomic E-state index is 0.0718. The van der Waals surface area contributed by atoms with Crippen molar-refractivity contribution >= 4 is 44.0 Å². The number of carbonyl (C=O) groups is 2. The largest absolute Gasteiger partial charge is 0.444 e. The zero-order valence-electron chi connectivity index (χ0n) is 22.1. The van der Waals surface area contributed by atoms with E-state index < -0.39 is 21.7 Å². The number of pyridine rings is 1. The fourth-order valence-electron chi connectivity index (χ4n) is 6.07. The van der Waals surface area contributed by atoms with Gasteiger partial charge >= 0.3 is 6.09 Å². The lowest BCUT2D eigenvalue weighted by Gasteiger charge is -2.25. The van der Waals surface area contributed by atoms with Crippen molar-refractivity contribution in [3.63, 3.8) is 0 Å².